The van der Waals surface area contributed by atoms with E-state index in [2.05, 4.69) is 81.1 Å². The van der Waals surface area contributed by atoms with Gasteiger partial charge in [0.05, 0.1) is 0 Å². The molecular formula is C24H22ClN5. The lowest BCUT2D eigenvalue weighted by atomic mass is 10.0. The molecule has 0 unspecified atom stereocenters. The van der Waals surface area contributed by atoms with Crippen molar-refractivity contribution < 1.29 is 0 Å². The van der Waals surface area contributed by atoms with E-state index in [0.29, 0.717) is 0 Å². The van der Waals surface area contributed by atoms with Crippen LogP contribution in [-0.2, 0) is 19.4 Å². The smallest absolute Gasteiger partial charge is 0.178 e. The molecule has 3 aromatic carbocycles. The molecule has 0 saturated carbocycles. The molecule has 0 amide bonds. The minimum Gasteiger partial charge on any atom is -0.357 e. The minimum atomic E-state index is -0.0725. The maximum Gasteiger partial charge on any atom is 0.178 e. The predicted molar refractivity (Wildman–Crippen MR) is 119 cm³/mol. The van der Waals surface area contributed by atoms with Crippen molar-refractivity contribution in [3.63, 3.8) is 0 Å². The number of halogens is 1. The first-order chi connectivity index (χ1) is 14.8. The molecule has 2 heterocycles. The number of para-hydroxylation sites is 1. The minimum absolute atomic E-state index is 0.0725. The molecule has 30 heavy (non-hydrogen) atoms. The zero-order valence-corrected chi connectivity index (χ0v) is 17.3. The highest BCUT2D eigenvalue weighted by molar-refractivity contribution is 6.30. The van der Waals surface area contributed by atoms with Gasteiger partial charge in [-0.15, -0.1) is 5.10 Å². The molecule has 0 fully saturated rings. The average molecular weight is 416 g/mol. The summed E-state index contributed by atoms with van der Waals surface area (Å²) in [6, 6.07) is 27.0. The summed E-state index contributed by atoms with van der Waals surface area (Å²) in [7, 11) is 0. The Morgan fingerprint density at radius 3 is 2.50 bits per heavy atom. The second kappa shape index (κ2) is 8.28. The van der Waals surface area contributed by atoms with Gasteiger partial charge >= 0.3 is 0 Å². The van der Waals surface area contributed by atoms with E-state index >= 15 is 0 Å². The van der Waals surface area contributed by atoms with Crippen LogP contribution in [0.5, 0.6) is 0 Å². The van der Waals surface area contributed by atoms with E-state index in [1.54, 1.807) is 0 Å². The van der Waals surface area contributed by atoms with E-state index in [1.165, 1.54) is 16.8 Å². The van der Waals surface area contributed by atoms with Crippen LogP contribution in [0.1, 0.15) is 28.6 Å². The zero-order valence-electron chi connectivity index (χ0n) is 16.5. The summed E-state index contributed by atoms with van der Waals surface area (Å²) in [6.07, 6.45) is 1.90. The second-order valence-corrected chi connectivity index (χ2v) is 7.96. The molecule has 0 aliphatic carbocycles. The van der Waals surface area contributed by atoms with Crippen molar-refractivity contribution in [3.05, 3.63) is 106 Å². The SMILES string of the molecule is Clc1ccc([C@H](c2nnnn2CCc2ccccc2)N2CCc3ccccc32)cc1. The van der Waals surface area contributed by atoms with E-state index < -0.39 is 0 Å². The van der Waals surface area contributed by atoms with Crippen molar-refractivity contribution in [2.75, 3.05) is 11.4 Å². The lowest BCUT2D eigenvalue weighted by molar-refractivity contribution is 0.539. The molecule has 150 valence electrons. The summed E-state index contributed by atoms with van der Waals surface area (Å²) in [4.78, 5) is 2.41. The maximum absolute atomic E-state index is 6.17. The second-order valence-electron chi connectivity index (χ2n) is 7.52. The third-order valence-corrected chi connectivity index (χ3v) is 5.93. The van der Waals surface area contributed by atoms with Crippen LogP contribution in [0.3, 0.4) is 0 Å². The third-order valence-electron chi connectivity index (χ3n) is 5.68. The first kappa shape index (κ1) is 18.8. The van der Waals surface area contributed by atoms with Gasteiger partial charge in [0.25, 0.3) is 0 Å². The molecule has 5 nitrogen and oxygen atoms in total. The van der Waals surface area contributed by atoms with Gasteiger partial charge in [-0.2, -0.15) is 0 Å². The van der Waals surface area contributed by atoms with Crippen LogP contribution in [0.25, 0.3) is 0 Å². The monoisotopic (exact) mass is 415 g/mol. The van der Waals surface area contributed by atoms with Gasteiger partial charge in [-0.3, -0.25) is 0 Å². The van der Waals surface area contributed by atoms with Gasteiger partial charge in [0.1, 0.15) is 6.04 Å². The van der Waals surface area contributed by atoms with Gasteiger partial charge in [-0.1, -0.05) is 72.3 Å². The predicted octanol–water partition coefficient (Wildman–Crippen LogP) is 4.72. The maximum atomic E-state index is 6.17. The van der Waals surface area contributed by atoms with Gasteiger partial charge in [-0.25, -0.2) is 4.68 Å². The van der Waals surface area contributed by atoms with Crippen molar-refractivity contribution in [3.8, 4) is 0 Å². The fraction of sp³-hybridized carbons (Fsp3) is 0.208. The van der Waals surface area contributed by atoms with Gasteiger partial charge in [0, 0.05) is 23.8 Å². The van der Waals surface area contributed by atoms with Crippen LogP contribution >= 0.6 is 11.6 Å². The van der Waals surface area contributed by atoms with Crippen molar-refractivity contribution in [2.24, 2.45) is 0 Å². The summed E-state index contributed by atoms with van der Waals surface area (Å²) >= 11 is 6.17. The van der Waals surface area contributed by atoms with Crippen LogP contribution in [0.15, 0.2) is 78.9 Å². The van der Waals surface area contributed by atoms with Crippen molar-refractivity contribution in [1.82, 2.24) is 20.2 Å². The first-order valence-electron chi connectivity index (χ1n) is 10.2. The van der Waals surface area contributed by atoms with Crippen molar-refractivity contribution in [1.29, 1.82) is 0 Å². The summed E-state index contributed by atoms with van der Waals surface area (Å²) in [5.74, 6) is 0.852. The number of tetrazole rings is 1. The molecule has 0 saturated heterocycles. The highest BCUT2D eigenvalue weighted by Crippen LogP contribution is 2.38. The molecule has 6 heteroatoms. The lowest BCUT2D eigenvalue weighted by Crippen LogP contribution is -2.30. The fourth-order valence-corrected chi connectivity index (χ4v) is 4.32. The number of fused-ring (bicyclic) bond motifs is 1. The van der Waals surface area contributed by atoms with E-state index in [-0.39, 0.29) is 6.04 Å². The number of aromatic nitrogens is 4. The molecule has 1 aliphatic heterocycles. The average Bonchev–Trinajstić information content (AvgIpc) is 3.42. The number of rotatable bonds is 6. The molecule has 5 rings (SSSR count). The van der Waals surface area contributed by atoms with E-state index in [4.69, 9.17) is 11.6 Å². The number of benzene rings is 3. The van der Waals surface area contributed by atoms with Crippen LogP contribution in [0.4, 0.5) is 5.69 Å². The van der Waals surface area contributed by atoms with E-state index in [1.807, 2.05) is 22.9 Å². The van der Waals surface area contributed by atoms with Crippen molar-refractivity contribution in [2.45, 2.75) is 25.4 Å². The molecule has 1 aliphatic rings. The topological polar surface area (TPSA) is 46.8 Å². The van der Waals surface area contributed by atoms with Crippen LogP contribution < -0.4 is 4.90 Å². The number of hydrogen-bond donors (Lipinski definition) is 0. The van der Waals surface area contributed by atoms with Crippen LogP contribution in [-0.4, -0.2) is 26.8 Å². The largest absolute Gasteiger partial charge is 0.357 e. The standard InChI is InChI=1S/C24H22ClN5/c25-21-12-10-20(11-13-21)23(29-16-15-19-8-4-5-9-22(19)29)24-26-27-28-30(24)17-14-18-6-2-1-3-7-18/h1-13,23H,14-17H2/t23-/m1/s1. The van der Waals surface area contributed by atoms with Crippen molar-refractivity contribution >= 4 is 17.3 Å². The summed E-state index contributed by atoms with van der Waals surface area (Å²) in [5.41, 5.74) is 5.01. The lowest BCUT2D eigenvalue weighted by Gasteiger charge is -2.30. The van der Waals surface area contributed by atoms with Crippen LogP contribution in [0, 0.1) is 0 Å². The van der Waals surface area contributed by atoms with Gasteiger partial charge in [-0.05, 0) is 58.2 Å². The Kier molecular flexibility index (Phi) is 5.20. The molecule has 1 aromatic heterocycles. The van der Waals surface area contributed by atoms with E-state index in [0.717, 1.165) is 42.3 Å². The normalized spacial score (nSPS) is 14.0. The number of aryl methyl sites for hydroxylation is 2. The fourth-order valence-electron chi connectivity index (χ4n) is 4.19. The Labute approximate surface area is 180 Å². The Morgan fingerprint density at radius 2 is 1.67 bits per heavy atom. The number of nitrogens with zero attached hydrogens (tertiary/aromatic N) is 5. The summed E-state index contributed by atoms with van der Waals surface area (Å²) < 4.78 is 1.94. The Hall–Kier alpha value is -3.18. The van der Waals surface area contributed by atoms with Gasteiger partial charge in [0.15, 0.2) is 5.82 Å². The molecule has 0 radical (unpaired) electrons. The Morgan fingerprint density at radius 1 is 0.900 bits per heavy atom. The van der Waals surface area contributed by atoms with Gasteiger partial charge in [0.2, 0.25) is 0 Å². The molecular weight excluding hydrogens is 394 g/mol. The van der Waals surface area contributed by atoms with Crippen LogP contribution in [0.2, 0.25) is 5.02 Å². The number of hydrogen-bond acceptors (Lipinski definition) is 4. The molecule has 1 atom stereocenters. The molecule has 0 spiro atoms. The highest BCUT2D eigenvalue weighted by atomic mass is 35.5. The molecule has 4 aromatic rings. The third kappa shape index (κ3) is 3.68. The Bertz CT molecular complexity index is 1120. The first-order valence-corrected chi connectivity index (χ1v) is 10.6. The molecule has 0 bridgehead atoms. The quantitative estimate of drug-likeness (QED) is 0.457. The highest BCUT2D eigenvalue weighted by Gasteiger charge is 2.32. The summed E-state index contributed by atoms with van der Waals surface area (Å²) in [6.45, 7) is 1.66. The van der Waals surface area contributed by atoms with Gasteiger partial charge < -0.3 is 4.90 Å². The summed E-state index contributed by atoms with van der Waals surface area (Å²) in [5, 5.41) is 13.6. The Balaban J connectivity index is 1.52. The number of anilines is 1. The zero-order chi connectivity index (χ0) is 20.3. The van der Waals surface area contributed by atoms with E-state index in [9.17, 15) is 0 Å². The molecule has 0 N–H and O–H groups in total.